The highest BCUT2D eigenvalue weighted by molar-refractivity contribution is 5.92. The van der Waals surface area contributed by atoms with Crippen LogP contribution in [0.15, 0.2) is 58.1 Å². The van der Waals surface area contributed by atoms with E-state index in [2.05, 4.69) is 5.10 Å². The van der Waals surface area contributed by atoms with Crippen LogP contribution in [0.4, 0.5) is 13.2 Å². The predicted molar refractivity (Wildman–Crippen MR) is 135 cm³/mol. The Morgan fingerprint density at radius 1 is 1.10 bits per heavy atom. The number of rotatable bonds is 6. The molecule has 1 amide bonds. The molecule has 0 N–H and O–H groups in total. The highest BCUT2D eigenvalue weighted by Crippen LogP contribution is 2.29. The van der Waals surface area contributed by atoms with Crippen molar-refractivity contribution in [2.75, 3.05) is 19.7 Å². The monoisotopic (exact) mass is 544 g/mol. The maximum Gasteiger partial charge on any atom is 0.416 e. The van der Waals surface area contributed by atoms with E-state index in [9.17, 15) is 32.3 Å². The summed E-state index contributed by atoms with van der Waals surface area (Å²) in [4.78, 5) is 54.0. The first-order valence-corrected chi connectivity index (χ1v) is 12.4. The van der Waals surface area contributed by atoms with Crippen molar-refractivity contribution in [1.29, 1.82) is 0 Å². The molecular weight excluding hydrogens is 517 g/mol. The summed E-state index contributed by atoms with van der Waals surface area (Å²) in [5, 5.41) is 4.11. The molecule has 0 radical (unpaired) electrons. The van der Waals surface area contributed by atoms with E-state index in [0.717, 1.165) is 22.4 Å². The zero-order valence-electron chi connectivity index (χ0n) is 21.4. The van der Waals surface area contributed by atoms with Crippen molar-refractivity contribution in [2.24, 2.45) is 5.92 Å². The molecule has 1 fully saturated rings. The van der Waals surface area contributed by atoms with E-state index >= 15 is 0 Å². The predicted octanol–water partition coefficient (Wildman–Crippen LogP) is 3.19. The smallest absolute Gasteiger partial charge is 0.416 e. The van der Waals surface area contributed by atoms with Gasteiger partial charge in [-0.1, -0.05) is 24.3 Å². The van der Waals surface area contributed by atoms with Gasteiger partial charge in [0.15, 0.2) is 0 Å². The molecule has 12 heteroatoms. The van der Waals surface area contributed by atoms with Gasteiger partial charge >= 0.3 is 17.8 Å². The lowest BCUT2D eigenvalue weighted by Gasteiger charge is -2.31. The largest absolute Gasteiger partial charge is 0.466 e. The highest BCUT2D eigenvalue weighted by atomic mass is 19.4. The molecule has 9 nitrogen and oxygen atoms in total. The lowest BCUT2D eigenvalue weighted by molar-refractivity contribution is -0.149. The molecule has 0 bridgehead atoms. The number of nitrogens with zero attached hydrogens (tertiary/aromatic N) is 4. The Balaban J connectivity index is 1.80. The summed E-state index contributed by atoms with van der Waals surface area (Å²) in [6.07, 6.45) is -3.62. The fourth-order valence-electron chi connectivity index (χ4n) is 4.51. The first-order chi connectivity index (χ1) is 18.5. The van der Waals surface area contributed by atoms with Crippen molar-refractivity contribution in [1.82, 2.24) is 19.2 Å². The first-order valence-electron chi connectivity index (χ1n) is 12.4. The molecule has 1 aliphatic rings. The van der Waals surface area contributed by atoms with E-state index in [1.165, 1.54) is 17.0 Å². The Labute approximate surface area is 221 Å². The summed E-state index contributed by atoms with van der Waals surface area (Å²) < 4.78 is 46.5. The first kappa shape index (κ1) is 27.8. The van der Waals surface area contributed by atoms with Crippen molar-refractivity contribution < 1.29 is 27.5 Å². The van der Waals surface area contributed by atoms with Crippen LogP contribution in [-0.4, -0.2) is 50.8 Å². The van der Waals surface area contributed by atoms with Crippen molar-refractivity contribution in [3.05, 3.63) is 91.8 Å². The van der Waals surface area contributed by atoms with Gasteiger partial charge < -0.3 is 9.64 Å². The topological polar surface area (TPSA) is 104 Å². The Bertz CT molecular complexity index is 1510. The number of esters is 1. The molecule has 1 saturated heterocycles. The number of halogens is 3. The maximum atomic E-state index is 13.5. The molecule has 1 aliphatic heterocycles. The number of carbonyl (C=O) groups is 2. The van der Waals surface area contributed by atoms with Gasteiger partial charge in [-0.05, 0) is 62.1 Å². The summed E-state index contributed by atoms with van der Waals surface area (Å²) in [7, 11) is 0. The summed E-state index contributed by atoms with van der Waals surface area (Å²) in [5.74, 6) is -1.81. The molecule has 2 aromatic carbocycles. The zero-order chi connectivity index (χ0) is 28.3. The van der Waals surface area contributed by atoms with Gasteiger partial charge in [0.1, 0.15) is 0 Å². The summed E-state index contributed by atoms with van der Waals surface area (Å²) >= 11 is 0. The van der Waals surface area contributed by atoms with Gasteiger partial charge in [-0.2, -0.15) is 23.0 Å². The zero-order valence-corrected chi connectivity index (χ0v) is 21.4. The molecule has 0 spiro atoms. The van der Waals surface area contributed by atoms with Crippen molar-refractivity contribution in [3.63, 3.8) is 0 Å². The van der Waals surface area contributed by atoms with Crippen molar-refractivity contribution in [3.8, 4) is 5.69 Å². The number of aromatic nitrogens is 3. The highest BCUT2D eigenvalue weighted by Gasteiger charge is 2.33. The van der Waals surface area contributed by atoms with Crippen LogP contribution in [0.25, 0.3) is 5.69 Å². The molecule has 206 valence electrons. The number of carbonyl (C=O) groups excluding carboxylic acids is 2. The summed E-state index contributed by atoms with van der Waals surface area (Å²) in [5.41, 5.74) is -2.37. The minimum absolute atomic E-state index is 0.00991. The second-order valence-corrected chi connectivity index (χ2v) is 9.31. The normalized spacial score (nSPS) is 15.7. The van der Waals surface area contributed by atoms with Crippen LogP contribution in [0.5, 0.6) is 0 Å². The maximum absolute atomic E-state index is 13.5. The van der Waals surface area contributed by atoms with E-state index in [-0.39, 0.29) is 30.9 Å². The molecule has 2 heterocycles. The van der Waals surface area contributed by atoms with E-state index in [0.29, 0.717) is 17.4 Å². The van der Waals surface area contributed by atoms with Crippen molar-refractivity contribution in [2.45, 2.75) is 39.4 Å². The Kier molecular flexibility index (Phi) is 8.03. The Hall–Kier alpha value is -4.22. The third kappa shape index (κ3) is 6.10. The number of amides is 1. The van der Waals surface area contributed by atoms with Crippen LogP contribution < -0.4 is 11.2 Å². The summed E-state index contributed by atoms with van der Waals surface area (Å²) in [6, 6.07) is 10.9. The average molecular weight is 545 g/mol. The average Bonchev–Trinajstić information content (AvgIpc) is 2.91. The molecule has 39 heavy (non-hydrogen) atoms. The van der Waals surface area contributed by atoms with Crippen LogP contribution >= 0.6 is 0 Å². The number of alkyl halides is 3. The molecule has 3 aromatic rings. The molecule has 4 rings (SSSR count). The van der Waals surface area contributed by atoms with Gasteiger partial charge in [-0.25, -0.2) is 4.79 Å². The van der Waals surface area contributed by atoms with Crippen LogP contribution in [-0.2, 0) is 22.3 Å². The number of benzene rings is 2. The van der Waals surface area contributed by atoms with Crippen LogP contribution in [0, 0.1) is 12.8 Å². The van der Waals surface area contributed by atoms with E-state index < -0.39 is 53.0 Å². The number of piperidine rings is 1. The van der Waals surface area contributed by atoms with Crippen LogP contribution in [0.2, 0.25) is 0 Å². The fraction of sp³-hybridized carbons (Fsp3) is 0.370. The third-order valence-corrected chi connectivity index (χ3v) is 6.43. The SMILES string of the molecule is CCOC(=O)[C@H]1CCCN(C(=O)c2nn(-c3cccc(C)c3)c(=O)n(Cc3cccc(C(F)(F)F)c3)c2=O)C1. The number of hydrogen-bond donors (Lipinski definition) is 0. The van der Waals surface area contributed by atoms with Crippen molar-refractivity contribution >= 4 is 11.9 Å². The second-order valence-electron chi connectivity index (χ2n) is 9.31. The standard InChI is InChI=1S/C27H27F3N4O5/c1-3-39-25(37)19-9-6-12-32(16-19)23(35)22-24(36)33(15-18-8-5-10-20(14-18)27(28,29)30)26(38)34(31-22)21-11-4-7-17(2)13-21/h4-5,7-8,10-11,13-14,19H,3,6,9,12,15-16H2,1-2H3/t19-/m0/s1. The number of hydrogen-bond acceptors (Lipinski definition) is 6. The van der Waals surface area contributed by atoms with Gasteiger partial charge in [0.25, 0.3) is 11.5 Å². The van der Waals surface area contributed by atoms with E-state index in [1.54, 1.807) is 38.1 Å². The second kappa shape index (κ2) is 11.3. The van der Waals surface area contributed by atoms with E-state index in [1.807, 2.05) is 0 Å². The van der Waals surface area contributed by atoms with Gasteiger partial charge in [0, 0.05) is 13.1 Å². The van der Waals surface area contributed by atoms with Gasteiger partial charge in [0.2, 0.25) is 5.69 Å². The number of likely N-dealkylation sites (tertiary alicyclic amines) is 1. The number of aryl methyl sites for hydroxylation is 1. The van der Waals surface area contributed by atoms with Gasteiger partial charge in [-0.3, -0.25) is 19.0 Å². The minimum Gasteiger partial charge on any atom is -0.466 e. The van der Waals surface area contributed by atoms with Gasteiger partial charge in [-0.15, -0.1) is 0 Å². The summed E-state index contributed by atoms with van der Waals surface area (Å²) in [6.45, 7) is 3.40. The fourth-order valence-corrected chi connectivity index (χ4v) is 4.51. The lowest BCUT2D eigenvalue weighted by Crippen LogP contribution is -2.49. The molecule has 1 atom stereocenters. The molecule has 1 aromatic heterocycles. The molecule has 0 unspecified atom stereocenters. The molecule has 0 aliphatic carbocycles. The van der Waals surface area contributed by atoms with E-state index in [4.69, 9.17) is 4.74 Å². The number of ether oxygens (including phenoxy) is 1. The van der Waals surface area contributed by atoms with Crippen LogP contribution in [0.3, 0.4) is 0 Å². The quantitative estimate of drug-likeness (QED) is 0.442. The Morgan fingerprint density at radius 2 is 1.85 bits per heavy atom. The molecule has 0 saturated carbocycles. The lowest BCUT2D eigenvalue weighted by atomic mass is 9.98. The third-order valence-electron chi connectivity index (χ3n) is 6.43. The van der Waals surface area contributed by atoms with Gasteiger partial charge in [0.05, 0.1) is 30.3 Å². The Morgan fingerprint density at radius 3 is 2.54 bits per heavy atom. The molecular formula is C27H27F3N4O5. The minimum atomic E-state index is -4.62. The van der Waals surface area contributed by atoms with Crippen LogP contribution in [0.1, 0.15) is 46.9 Å².